The number of hydrogen-bond donors (Lipinski definition) is 0. The van der Waals surface area contributed by atoms with Crippen molar-refractivity contribution in [3.63, 3.8) is 0 Å². The van der Waals surface area contributed by atoms with E-state index >= 15 is 0 Å². The number of amides is 1. The van der Waals surface area contributed by atoms with Crippen molar-refractivity contribution in [2.75, 3.05) is 38.1 Å². The lowest BCUT2D eigenvalue weighted by atomic mass is 9.82. The molecule has 0 N–H and O–H groups in total. The molecule has 2 aliphatic heterocycles. The lowest BCUT2D eigenvalue weighted by Crippen LogP contribution is -2.67. The summed E-state index contributed by atoms with van der Waals surface area (Å²) in [5, 5.41) is 0. The van der Waals surface area contributed by atoms with E-state index in [1.165, 1.54) is 0 Å². The highest BCUT2D eigenvalue weighted by Gasteiger charge is 2.49. The van der Waals surface area contributed by atoms with Crippen LogP contribution in [0.25, 0.3) is 0 Å². The average Bonchev–Trinajstić information content (AvgIpc) is 2.71. The number of pyridine rings is 1. The van der Waals surface area contributed by atoms with Crippen molar-refractivity contribution in [3.8, 4) is 0 Å². The van der Waals surface area contributed by atoms with Crippen molar-refractivity contribution in [1.29, 1.82) is 0 Å². The summed E-state index contributed by atoms with van der Waals surface area (Å²) < 4.78 is 0. The Hall–Kier alpha value is -2.54. The van der Waals surface area contributed by atoms with Gasteiger partial charge in [-0.25, -0.2) is 4.98 Å². The van der Waals surface area contributed by atoms with Crippen molar-refractivity contribution in [2.45, 2.75) is 24.9 Å². The van der Waals surface area contributed by atoms with Gasteiger partial charge in [0.25, 0.3) is 0 Å². The molecule has 2 aliphatic rings. The monoisotopic (exact) mass is 352 g/mol. The fraction of sp³-hybridized carbons (Fsp3) is 0.474. The molecule has 7 nitrogen and oxygen atoms in total. The number of hydrogen-bond acceptors (Lipinski definition) is 6. The van der Waals surface area contributed by atoms with Crippen LogP contribution in [0.15, 0.2) is 43.1 Å². The molecular weight excluding hydrogens is 328 g/mol. The number of piperidine rings is 1. The predicted molar refractivity (Wildman–Crippen MR) is 98.5 cm³/mol. The number of nitrogens with zero attached hydrogens (tertiary/aromatic N) is 6. The molecule has 0 unspecified atom stereocenters. The second-order valence-electron chi connectivity index (χ2n) is 7.09. The Kier molecular flexibility index (Phi) is 4.55. The third kappa shape index (κ3) is 3.03. The van der Waals surface area contributed by atoms with Crippen LogP contribution in [0.5, 0.6) is 0 Å². The standard InChI is InChI=1S/C19H24N6O/c1-23-11-12-25(15-16-3-2-6-20-13-16)18(26)19(23)4-9-24(10-5-19)17-14-21-7-8-22-17/h2-3,6-8,13-14H,4-5,9-12,15H2,1H3. The minimum Gasteiger partial charge on any atom is -0.355 e. The second-order valence-corrected chi connectivity index (χ2v) is 7.09. The second kappa shape index (κ2) is 6.99. The molecule has 2 aromatic heterocycles. The van der Waals surface area contributed by atoms with Crippen LogP contribution in [0, 0.1) is 0 Å². The maximum absolute atomic E-state index is 13.4. The van der Waals surface area contributed by atoms with Crippen molar-refractivity contribution >= 4 is 11.7 Å². The highest BCUT2D eigenvalue weighted by Crippen LogP contribution is 2.34. The van der Waals surface area contributed by atoms with Crippen LogP contribution < -0.4 is 4.90 Å². The van der Waals surface area contributed by atoms with Gasteiger partial charge in [-0.2, -0.15) is 0 Å². The molecule has 0 atom stereocenters. The molecule has 4 heterocycles. The third-order valence-electron chi connectivity index (χ3n) is 5.68. The predicted octanol–water partition coefficient (Wildman–Crippen LogP) is 1.18. The minimum absolute atomic E-state index is 0.244. The van der Waals surface area contributed by atoms with Crippen LogP contribution in [-0.4, -0.2) is 69.4 Å². The molecule has 0 aliphatic carbocycles. The molecule has 1 spiro atoms. The van der Waals surface area contributed by atoms with E-state index in [-0.39, 0.29) is 5.91 Å². The van der Waals surface area contributed by atoms with Crippen LogP contribution >= 0.6 is 0 Å². The number of piperazine rings is 1. The summed E-state index contributed by atoms with van der Waals surface area (Å²) in [5.41, 5.74) is 0.677. The topological polar surface area (TPSA) is 65.5 Å². The van der Waals surface area contributed by atoms with Gasteiger partial charge in [-0.05, 0) is 31.5 Å². The summed E-state index contributed by atoms with van der Waals surface area (Å²) in [6, 6.07) is 3.95. The minimum atomic E-state index is -0.404. The zero-order valence-corrected chi connectivity index (χ0v) is 15.1. The number of aromatic nitrogens is 3. The van der Waals surface area contributed by atoms with E-state index < -0.39 is 5.54 Å². The maximum atomic E-state index is 13.4. The van der Waals surface area contributed by atoms with Gasteiger partial charge in [0.2, 0.25) is 5.91 Å². The Bertz CT molecular complexity index is 745. The van der Waals surface area contributed by atoms with Gasteiger partial charge in [0.15, 0.2) is 0 Å². The van der Waals surface area contributed by atoms with E-state index in [2.05, 4.69) is 31.8 Å². The SMILES string of the molecule is CN1CCN(Cc2cccnc2)C(=O)C12CCN(c1cnccn1)CC2. The van der Waals surface area contributed by atoms with Crippen LogP contribution in [0.3, 0.4) is 0 Å². The quantitative estimate of drug-likeness (QED) is 0.827. The average molecular weight is 352 g/mol. The van der Waals surface area contributed by atoms with Gasteiger partial charge in [0, 0.05) is 57.5 Å². The Morgan fingerprint density at radius 1 is 1.04 bits per heavy atom. The number of carbonyl (C=O) groups excluding carboxylic acids is 1. The summed E-state index contributed by atoms with van der Waals surface area (Å²) in [5.74, 6) is 1.13. The van der Waals surface area contributed by atoms with E-state index in [4.69, 9.17) is 0 Å². The van der Waals surface area contributed by atoms with E-state index in [9.17, 15) is 4.79 Å². The fourth-order valence-electron chi connectivity index (χ4n) is 4.06. The van der Waals surface area contributed by atoms with E-state index in [1.807, 2.05) is 23.2 Å². The first-order valence-electron chi connectivity index (χ1n) is 9.09. The summed E-state index contributed by atoms with van der Waals surface area (Å²) in [7, 11) is 2.08. The Morgan fingerprint density at radius 2 is 1.85 bits per heavy atom. The first kappa shape index (κ1) is 16.9. The Labute approximate surface area is 153 Å². The molecule has 4 rings (SSSR count). The molecule has 2 saturated heterocycles. The van der Waals surface area contributed by atoms with Crippen molar-refractivity contribution in [3.05, 3.63) is 48.7 Å². The number of carbonyl (C=O) groups is 1. The molecule has 0 saturated carbocycles. The number of anilines is 1. The summed E-state index contributed by atoms with van der Waals surface area (Å²) in [6.45, 7) is 3.93. The molecule has 0 radical (unpaired) electrons. The lowest BCUT2D eigenvalue weighted by Gasteiger charge is -2.51. The molecule has 1 amide bonds. The van der Waals surface area contributed by atoms with Gasteiger partial charge in [-0.15, -0.1) is 0 Å². The lowest BCUT2D eigenvalue weighted by molar-refractivity contribution is -0.152. The molecule has 136 valence electrons. The van der Waals surface area contributed by atoms with Crippen molar-refractivity contribution < 1.29 is 4.79 Å². The zero-order valence-electron chi connectivity index (χ0n) is 15.1. The summed E-state index contributed by atoms with van der Waals surface area (Å²) in [4.78, 5) is 32.6. The normalized spacial score (nSPS) is 20.6. The van der Waals surface area contributed by atoms with Gasteiger partial charge >= 0.3 is 0 Å². The first-order chi connectivity index (χ1) is 12.7. The number of likely N-dealkylation sites (N-methyl/N-ethyl adjacent to an activating group) is 1. The summed E-state index contributed by atoms with van der Waals surface area (Å²) >= 11 is 0. The van der Waals surface area contributed by atoms with Crippen molar-refractivity contribution in [2.24, 2.45) is 0 Å². The summed E-state index contributed by atoms with van der Waals surface area (Å²) in [6.07, 6.45) is 10.4. The molecule has 7 heteroatoms. The van der Waals surface area contributed by atoms with Gasteiger partial charge in [0.1, 0.15) is 11.4 Å². The fourth-order valence-corrected chi connectivity index (χ4v) is 4.06. The highest BCUT2D eigenvalue weighted by molar-refractivity contribution is 5.87. The van der Waals surface area contributed by atoms with Crippen LogP contribution in [0.1, 0.15) is 18.4 Å². The van der Waals surface area contributed by atoms with E-state index in [1.54, 1.807) is 24.8 Å². The van der Waals surface area contributed by atoms with E-state index in [0.29, 0.717) is 6.54 Å². The van der Waals surface area contributed by atoms with Gasteiger partial charge in [-0.1, -0.05) is 6.07 Å². The largest absolute Gasteiger partial charge is 0.355 e. The first-order valence-corrected chi connectivity index (χ1v) is 9.09. The van der Waals surface area contributed by atoms with Gasteiger partial charge < -0.3 is 9.80 Å². The molecule has 2 fully saturated rings. The third-order valence-corrected chi connectivity index (χ3v) is 5.68. The van der Waals surface area contributed by atoms with Crippen LogP contribution in [0.2, 0.25) is 0 Å². The Balaban J connectivity index is 1.49. The molecule has 2 aromatic rings. The Morgan fingerprint density at radius 3 is 2.54 bits per heavy atom. The van der Waals surface area contributed by atoms with Crippen LogP contribution in [0.4, 0.5) is 5.82 Å². The van der Waals surface area contributed by atoms with Crippen LogP contribution in [-0.2, 0) is 11.3 Å². The van der Waals surface area contributed by atoms with Crippen molar-refractivity contribution in [1.82, 2.24) is 24.8 Å². The molecular formula is C19H24N6O. The smallest absolute Gasteiger partial charge is 0.243 e. The maximum Gasteiger partial charge on any atom is 0.243 e. The number of rotatable bonds is 3. The molecule has 0 bridgehead atoms. The molecule has 0 aromatic carbocycles. The molecule has 26 heavy (non-hydrogen) atoms. The van der Waals surface area contributed by atoms with E-state index in [0.717, 1.165) is 50.4 Å². The highest BCUT2D eigenvalue weighted by atomic mass is 16.2. The van der Waals surface area contributed by atoms with Gasteiger partial charge in [0.05, 0.1) is 6.20 Å². The van der Waals surface area contributed by atoms with Gasteiger partial charge in [-0.3, -0.25) is 19.7 Å². The zero-order chi connectivity index (χ0) is 18.0.